The Morgan fingerprint density at radius 3 is 2.88 bits per heavy atom. The summed E-state index contributed by atoms with van der Waals surface area (Å²) in [5.41, 5.74) is 7.61. The maximum Gasteiger partial charge on any atom is 0.267 e. The molecule has 3 rings (SSSR count). The van der Waals surface area contributed by atoms with E-state index in [1.807, 2.05) is 18.3 Å². The quantitative estimate of drug-likeness (QED) is 0.906. The topological polar surface area (TPSA) is 85.0 Å². The first-order valence-corrected chi connectivity index (χ1v) is 8.43. The zero-order chi connectivity index (χ0) is 16.8. The largest absolute Gasteiger partial charge is 0.364 e. The molecule has 1 fully saturated rings. The summed E-state index contributed by atoms with van der Waals surface area (Å²) < 4.78 is 0. The summed E-state index contributed by atoms with van der Waals surface area (Å²) in [5.74, 6) is 0.0791. The number of amides is 1. The van der Waals surface area contributed by atoms with Crippen molar-refractivity contribution in [3.05, 3.63) is 53.9 Å². The second-order valence-corrected chi connectivity index (χ2v) is 6.36. The van der Waals surface area contributed by atoms with E-state index < -0.39 is 5.91 Å². The van der Waals surface area contributed by atoms with Crippen molar-refractivity contribution in [3.63, 3.8) is 0 Å². The van der Waals surface area contributed by atoms with Gasteiger partial charge in [0.2, 0.25) is 0 Å². The summed E-state index contributed by atoms with van der Waals surface area (Å²) in [7, 11) is 0. The standard InChI is InChI=1S/C18H23N5O/c19-18(24)17-11-16(21-13-22-17)10-14-4-3-8-23(9-6-14)12-15-5-1-2-7-20-15/h1-2,5,7,11,13-14H,3-4,6,8-10,12H2,(H2,19,24). The van der Waals surface area contributed by atoms with E-state index in [4.69, 9.17) is 5.73 Å². The second kappa shape index (κ2) is 7.97. The molecule has 1 atom stereocenters. The van der Waals surface area contributed by atoms with Crippen LogP contribution in [-0.4, -0.2) is 38.8 Å². The highest BCUT2D eigenvalue weighted by Gasteiger charge is 2.18. The molecule has 24 heavy (non-hydrogen) atoms. The number of hydrogen-bond acceptors (Lipinski definition) is 5. The third kappa shape index (κ3) is 4.58. The van der Waals surface area contributed by atoms with Gasteiger partial charge < -0.3 is 5.73 Å². The second-order valence-electron chi connectivity index (χ2n) is 6.36. The van der Waals surface area contributed by atoms with Gasteiger partial charge in [-0.1, -0.05) is 6.07 Å². The van der Waals surface area contributed by atoms with Gasteiger partial charge in [-0.05, 0) is 62.9 Å². The number of aromatic nitrogens is 3. The third-order valence-corrected chi connectivity index (χ3v) is 4.53. The Balaban J connectivity index is 1.55. The van der Waals surface area contributed by atoms with Crippen LogP contribution in [0.3, 0.4) is 0 Å². The Hall–Kier alpha value is -2.34. The summed E-state index contributed by atoms with van der Waals surface area (Å²) >= 11 is 0. The molecule has 0 radical (unpaired) electrons. The van der Waals surface area contributed by atoms with E-state index in [1.165, 1.54) is 19.2 Å². The summed E-state index contributed by atoms with van der Waals surface area (Å²) in [4.78, 5) is 26.3. The van der Waals surface area contributed by atoms with E-state index in [-0.39, 0.29) is 0 Å². The number of carbonyl (C=O) groups is 1. The zero-order valence-electron chi connectivity index (χ0n) is 13.8. The molecule has 3 heterocycles. The van der Waals surface area contributed by atoms with Gasteiger partial charge in [0.25, 0.3) is 5.91 Å². The van der Waals surface area contributed by atoms with E-state index in [1.54, 1.807) is 6.07 Å². The third-order valence-electron chi connectivity index (χ3n) is 4.53. The van der Waals surface area contributed by atoms with Gasteiger partial charge in [-0.2, -0.15) is 0 Å². The van der Waals surface area contributed by atoms with Crippen LogP contribution in [0.25, 0.3) is 0 Å². The Morgan fingerprint density at radius 1 is 1.17 bits per heavy atom. The molecule has 0 aliphatic carbocycles. The molecule has 1 aliphatic heterocycles. The normalized spacial score (nSPS) is 18.9. The molecule has 2 aromatic rings. The van der Waals surface area contributed by atoms with Crippen LogP contribution in [0.1, 0.15) is 41.1 Å². The molecule has 0 spiro atoms. The number of rotatable bonds is 5. The van der Waals surface area contributed by atoms with E-state index in [0.29, 0.717) is 11.6 Å². The average molecular weight is 325 g/mol. The van der Waals surface area contributed by atoms with Crippen LogP contribution in [0.5, 0.6) is 0 Å². The average Bonchev–Trinajstić information content (AvgIpc) is 2.81. The summed E-state index contributed by atoms with van der Waals surface area (Å²) in [6.45, 7) is 3.07. The van der Waals surface area contributed by atoms with E-state index in [9.17, 15) is 4.79 Å². The lowest BCUT2D eigenvalue weighted by atomic mass is 9.95. The van der Waals surface area contributed by atoms with Crippen LogP contribution in [0.15, 0.2) is 36.8 Å². The van der Waals surface area contributed by atoms with Crippen LogP contribution in [0.2, 0.25) is 0 Å². The van der Waals surface area contributed by atoms with Crippen LogP contribution in [-0.2, 0) is 13.0 Å². The van der Waals surface area contributed by atoms with Crippen molar-refractivity contribution in [1.29, 1.82) is 0 Å². The van der Waals surface area contributed by atoms with Gasteiger partial charge in [-0.3, -0.25) is 14.7 Å². The number of carbonyl (C=O) groups excluding carboxylic acids is 1. The molecule has 1 amide bonds. The van der Waals surface area contributed by atoms with Crippen LogP contribution < -0.4 is 5.73 Å². The number of nitrogens with two attached hydrogens (primary N) is 1. The van der Waals surface area contributed by atoms with Gasteiger partial charge in [0.15, 0.2) is 0 Å². The van der Waals surface area contributed by atoms with Crippen LogP contribution in [0, 0.1) is 5.92 Å². The predicted molar refractivity (Wildman–Crippen MR) is 91.1 cm³/mol. The minimum absolute atomic E-state index is 0.297. The van der Waals surface area contributed by atoms with Gasteiger partial charge in [-0.25, -0.2) is 9.97 Å². The molecule has 0 bridgehead atoms. The van der Waals surface area contributed by atoms with Crippen molar-refractivity contribution in [2.45, 2.75) is 32.2 Å². The fourth-order valence-electron chi connectivity index (χ4n) is 3.25. The molecular weight excluding hydrogens is 302 g/mol. The maximum absolute atomic E-state index is 11.2. The maximum atomic E-state index is 11.2. The molecule has 6 heteroatoms. The molecular formula is C18H23N5O. The van der Waals surface area contributed by atoms with Crippen molar-refractivity contribution < 1.29 is 4.79 Å². The summed E-state index contributed by atoms with van der Waals surface area (Å²) in [5, 5.41) is 0. The van der Waals surface area contributed by atoms with E-state index in [2.05, 4.69) is 25.9 Å². The van der Waals surface area contributed by atoms with Gasteiger partial charge in [0.05, 0.1) is 5.69 Å². The molecule has 1 unspecified atom stereocenters. The number of primary amides is 1. The predicted octanol–water partition coefficient (Wildman–Crippen LogP) is 1.82. The van der Waals surface area contributed by atoms with Crippen molar-refractivity contribution in [2.75, 3.05) is 13.1 Å². The smallest absolute Gasteiger partial charge is 0.267 e. The Kier molecular flexibility index (Phi) is 5.48. The number of nitrogens with zero attached hydrogens (tertiary/aromatic N) is 4. The Morgan fingerprint density at radius 2 is 2.08 bits per heavy atom. The first-order chi connectivity index (χ1) is 11.7. The Labute approximate surface area is 142 Å². The minimum atomic E-state index is -0.499. The molecule has 1 aliphatic rings. The first kappa shape index (κ1) is 16.5. The highest BCUT2D eigenvalue weighted by molar-refractivity contribution is 5.90. The fraction of sp³-hybridized carbons (Fsp3) is 0.444. The molecule has 6 nitrogen and oxygen atoms in total. The summed E-state index contributed by atoms with van der Waals surface area (Å²) in [6, 6.07) is 7.78. The van der Waals surface area contributed by atoms with E-state index >= 15 is 0 Å². The molecule has 2 aromatic heterocycles. The molecule has 2 N–H and O–H groups in total. The van der Waals surface area contributed by atoms with Gasteiger partial charge in [-0.15, -0.1) is 0 Å². The van der Waals surface area contributed by atoms with Crippen molar-refractivity contribution in [2.24, 2.45) is 11.7 Å². The van der Waals surface area contributed by atoms with Crippen molar-refractivity contribution >= 4 is 5.91 Å². The molecule has 0 aromatic carbocycles. The summed E-state index contributed by atoms with van der Waals surface area (Å²) in [6.07, 6.45) is 7.63. The highest BCUT2D eigenvalue weighted by Crippen LogP contribution is 2.22. The minimum Gasteiger partial charge on any atom is -0.364 e. The number of hydrogen-bond donors (Lipinski definition) is 1. The first-order valence-electron chi connectivity index (χ1n) is 8.43. The van der Waals surface area contributed by atoms with E-state index in [0.717, 1.165) is 43.9 Å². The van der Waals surface area contributed by atoms with Gasteiger partial charge in [0, 0.05) is 18.4 Å². The molecule has 1 saturated heterocycles. The van der Waals surface area contributed by atoms with Crippen LogP contribution >= 0.6 is 0 Å². The highest BCUT2D eigenvalue weighted by atomic mass is 16.1. The molecule has 126 valence electrons. The van der Waals surface area contributed by atoms with Crippen LogP contribution in [0.4, 0.5) is 0 Å². The fourth-order valence-corrected chi connectivity index (χ4v) is 3.25. The zero-order valence-corrected chi connectivity index (χ0v) is 13.8. The van der Waals surface area contributed by atoms with Crippen molar-refractivity contribution in [3.8, 4) is 0 Å². The van der Waals surface area contributed by atoms with Gasteiger partial charge in [0.1, 0.15) is 12.0 Å². The lowest BCUT2D eigenvalue weighted by Gasteiger charge is -2.19. The van der Waals surface area contributed by atoms with Gasteiger partial charge >= 0.3 is 0 Å². The monoisotopic (exact) mass is 325 g/mol. The van der Waals surface area contributed by atoms with Crippen molar-refractivity contribution in [1.82, 2.24) is 19.9 Å². The molecule has 0 saturated carbocycles. The number of pyridine rings is 1. The lowest BCUT2D eigenvalue weighted by Crippen LogP contribution is -2.24. The number of likely N-dealkylation sites (tertiary alicyclic amines) is 1. The lowest BCUT2D eigenvalue weighted by molar-refractivity contribution is 0.0995. The Bertz CT molecular complexity index is 676. The SMILES string of the molecule is NC(=O)c1cc(CC2CCCN(Cc3ccccn3)CC2)ncn1.